The molecule has 2 aromatic rings. The Kier molecular flexibility index (Phi) is 7.46. The number of hydrogen-bond acceptors (Lipinski definition) is 6. The molecule has 1 aliphatic rings. The van der Waals surface area contributed by atoms with E-state index in [4.69, 9.17) is 18.9 Å². The summed E-state index contributed by atoms with van der Waals surface area (Å²) in [5.41, 5.74) is 1.63. The van der Waals surface area contributed by atoms with Crippen LogP contribution in [0.25, 0.3) is 6.08 Å². The number of para-hydroxylation sites is 1. The van der Waals surface area contributed by atoms with Crippen molar-refractivity contribution in [3.8, 4) is 17.2 Å². The van der Waals surface area contributed by atoms with Crippen LogP contribution in [0.5, 0.6) is 17.2 Å². The van der Waals surface area contributed by atoms with Gasteiger partial charge in [-0.05, 0) is 18.2 Å². The molecule has 1 aliphatic heterocycles. The van der Waals surface area contributed by atoms with Gasteiger partial charge in [-0.15, -0.1) is 0 Å². The van der Waals surface area contributed by atoms with E-state index in [1.165, 1.54) is 12.1 Å². The highest BCUT2D eigenvalue weighted by Gasteiger charge is 2.31. The van der Waals surface area contributed by atoms with Crippen LogP contribution in [0.1, 0.15) is 21.5 Å². The Bertz CT molecular complexity index is 916. The van der Waals surface area contributed by atoms with Crippen molar-refractivity contribution in [3.05, 3.63) is 58.8 Å². The lowest BCUT2D eigenvalue weighted by Gasteiger charge is -2.23. The molecule has 0 unspecified atom stereocenters. The Hall–Kier alpha value is -2.87. The van der Waals surface area contributed by atoms with E-state index in [0.29, 0.717) is 55.5 Å². The molecule has 0 amide bonds. The smallest absolute Gasteiger partial charge is 0.231 e. The van der Waals surface area contributed by atoms with E-state index in [1.807, 2.05) is 24.3 Å². The fourth-order valence-corrected chi connectivity index (χ4v) is 3.43. The zero-order valence-electron chi connectivity index (χ0n) is 17.5. The summed E-state index contributed by atoms with van der Waals surface area (Å²) in [4.78, 5) is 14.0. The molecule has 0 saturated carbocycles. The zero-order valence-corrected chi connectivity index (χ0v) is 17.5. The third-order valence-corrected chi connectivity index (χ3v) is 5.07. The maximum Gasteiger partial charge on any atom is 0.231 e. The van der Waals surface area contributed by atoms with E-state index in [9.17, 15) is 9.90 Å². The predicted molar refractivity (Wildman–Crippen MR) is 110 cm³/mol. The number of Topliss-reactive ketones (excluding diaryl/α,β-unsaturated/α-hetero) is 1. The van der Waals surface area contributed by atoms with Gasteiger partial charge in [-0.3, -0.25) is 4.79 Å². The van der Waals surface area contributed by atoms with Crippen LogP contribution in [0.15, 0.2) is 42.2 Å². The quantitative estimate of drug-likeness (QED) is 0.587. The molecule has 160 valence electrons. The summed E-state index contributed by atoms with van der Waals surface area (Å²) in [6, 6.07) is 10.3. The largest absolute Gasteiger partial charge is 0.872 e. The first kappa shape index (κ1) is 21.8. The molecule has 2 aromatic carbocycles. The van der Waals surface area contributed by atoms with E-state index in [2.05, 4.69) is 0 Å². The molecule has 7 heteroatoms. The van der Waals surface area contributed by atoms with Crippen LogP contribution in [0.2, 0.25) is 0 Å². The number of rotatable bonds is 10. The molecular formula is C23H27NO6. The van der Waals surface area contributed by atoms with Crippen molar-refractivity contribution < 1.29 is 33.7 Å². The number of allylic oxidation sites excluding steroid dienone is 1. The molecule has 0 aliphatic carbocycles. The van der Waals surface area contributed by atoms with E-state index in [0.717, 1.165) is 10.5 Å². The van der Waals surface area contributed by atoms with Gasteiger partial charge in [-0.2, -0.15) is 0 Å². The molecule has 0 aromatic heterocycles. The number of carbonyl (C=O) groups excluding carboxylic acids is 1. The highest BCUT2D eigenvalue weighted by molar-refractivity contribution is 6.15. The Morgan fingerprint density at radius 2 is 1.73 bits per heavy atom. The van der Waals surface area contributed by atoms with Crippen LogP contribution in [0.4, 0.5) is 0 Å². The second-order valence-corrected chi connectivity index (χ2v) is 7.01. The van der Waals surface area contributed by atoms with Crippen LogP contribution < -0.4 is 19.5 Å². The SMILES string of the molecule is COCC[NH+](CCOC)Cc1c([O-])ccc2c1OC(=Cc1ccccc1OC)C2=O. The Balaban J connectivity index is 1.91. The fourth-order valence-electron chi connectivity index (χ4n) is 3.43. The highest BCUT2D eigenvalue weighted by Crippen LogP contribution is 2.38. The fraction of sp³-hybridized carbons (Fsp3) is 0.348. The molecule has 0 spiro atoms. The minimum Gasteiger partial charge on any atom is -0.872 e. The summed E-state index contributed by atoms with van der Waals surface area (Å²) in [6.07, 6.45) is 1.65. The van der Waals surface area contributed by atoms with Crippen molar-refractivity contribution in [3.63, 3.8) is 0 Å². The summed E-state index contributed by atoms with van der Waals surface area (Å²) in [5, 5.41) is 12.6. The second-order valence-electron chi connectivity index (χ2n) is 7.01. The maximum absolute atomic E-state index is 12.9. The molecule has 0 saturated heterocycles. The van der Waals surface area contributed by atoms with Crippen molar-refractivity contribution in [1.82, 2.24) is 0 Å². The number of ketones is 1. The summed E-state index contributed by atoms with van der Waals surface area (Å²) < 4.78 is 21.7. The normalized spacial score (nSPS) is 14.3. The van der Waals surface area contributed by atoms with Crippen LogP contribution >= 0.6 is 0 Å². The van der Waals surface area contributed by atoms with Gasteiger partial charge in [0.15, 0.2) is 5.76 Å². The molecule has 0 fully saturated rings. The average Bonchev–Trinajstić information content (AvgIpc) is 3.07. The van der Waals surface area contributed by atoms with Gasteiger partial charge in [-0.1, -0.05) is 30.0 Å². The van der Waals surface area contributed by atoms with Crippen molar-refractivity contribution in [2.45, 2.75) is 6.54 Å². The monoisotopic (exact) mass is 413 g/mol. The maximum atomic E-state index is 12.9. The standard InChI is InChI=1S/C23H27NO6/c1-27-12-10-24(11-13-28-2)15-18-19(25)9-8-17-22(26)21(30-23(17)18)14-16-6-4-5-7-20(16)29-3/h4-9,14,25H,10-13,15H2,1-3H3. The lowest BCUT2D eigenvalue weighted by molar-refractivity contribution is -0.914. The molecule has 1 N–H and O–H groups in total. The zero-order chi connectivity index (χ0) is 21.5. The molecule has 1 heterocycles. The summed E-state index contributed by atoms with van der Waals surface area (Å²) in [5.74, 6) is 0.773. The number of benzene rings is 2. The van der Waals surface area contributed by atoms with Crippen LogP contribution in [-0.4, -0.2) is 53.4 Å². The van der Waals surface area contributed by atoms with Gasteiger partial charge in [0.25, 0.3) is 0 Å². The lowest BCUT2D eigenvalue weighted by atomic mass is 10.0. The third kappa shape index (κ3) is 4.81. The Morgan fingerprint density at radius 1 is 1.03 bits per heavy atom. The van der Waals surface area contributed by atoms with Crippen molar-refractivity contribution in [2.75, 3.05) is 47.6 Å². The van der Waals surface area contributed by atoms with Crippen molar-refractivity contribution >= 4 is 11.9 Å². The first-order chi connectivity index (χ1) is 14.6. The number of methoxy groups -OCH3 is 3. The number of ether oxygens (including phenoxy) is 4. The first-order valence-electron chi connectivity index (χ1n) is 9.80. The van der Waals surface area contributed by atoms with Gasteiger partial charge in [0, 0.05) is 25.3 Å². The summed E-state index contributed by atoms with van der Waals surface area (Å²) >= 11 is 0. The lowest BCUT2D eigenvalue weighted by Crippen LogP contribution is -3.11. The molecule has 0 bridgehead atoms. The number of quaternary nitrogens is 1. The van der Waals surface area contributed by atoms with E-state index < -0.39 is 0 Å². The van der Waals surface area contributed by atoms with Crippen LogP contribution in [0.3, 0.4) is 0 Å². The topological polar surface area (TPSA) is 81.5 Å². The molecule has 30 heavy (non-hydrogen) atoms. The predicted octanol–water partition coefficient (Wildman–Crippen LogP) is 1.06. The molecule has 0 radical (unpaired) electrons. The first-order valence-corrected chi connectivity index (χ1v) is 9.80. The number of carbonyl (C=O) groups is 1. The van der Waals surface area contributed by atoms with Crippen LogP contribution in [-0.2, 0) is 16.0 Å². The Labute approximate surface area is 176 Å². The van der Waals surface area contributed by atoms with E-state index in [1.54, 1.807) is 27.4 Å². The van der Waals surface area contributed by atoms with Gasteiger partial charge >= 0.3 is 0 Å². The molecule has 0 atom stereocenters. The molecule has 3 rings (SSSR count). The van der Waals surface area contributed by atoms with Gasteiger partial charge < -0.3 is 29.0 Å². The number of hydrogen-bond donors (Lipinski definition) is 1. The van der Waals surface area contributed by atoms with Gasteiger partial charge in [0.2, 0.25) is 5.78 Å². The molecule has 7 nitrogen and oxygen atoms in total. The molecular weight excluding hydrogens is 386 g/mol. The second kappa shape index (κ2) is 10.2. The van der Waals surface area contributed by atoms with Gasteiger partial charge in [0.1, 0.15) is 31.1 Å². The van der Waals surface area contributed by atoms with Crippen LogP contribution in [0, 0.1) is 0 Å². The highest BCUT2D eigenvalue weighted by atomic mass is 16.5. The van der Waals surface area contributed by atoms with Crippen molar-refractivity contribution in [2.24, 2.45) is 0 Å². The van der Waals surface area contributed by atoms with E-state index in [-0.39, 0.29) is 17.3 Å². The summed E-state index contributed by atoms with van der Waals surface area (Å²) in [6.45, 7) is 2.95. The minimum absolute atomic E-state index is 0.146. The average molecular weight is 413 g/mol. The van der Waals surface area contributed by atoms with Crippen molar-refractivity contribution in [1.29, 1.82) is 0 Å². The van der Waals surface area contributed by atoms with Gasteiger partial charge in [0.05, 0.1) is 25.9 Å². The third-order valence-electron chi connectivity index (χ3n) is 5.07. The minimum atomic E-state index is -0.243. The van der Waals surface area contributed by atoms with E-state index >= 15 is 0 Å². The number of fused-ring (bicyclic) bond motifs is 1. The summed E-state index contributed by atoms with van der Waals surface area (Å²) in [7, 11) is 4.86. The number of nitrogens with one attached hydrogen (secondary N) is 1. The Morgan fingerprint density at radius 3 is 2.40 bits per heavy atom. The van der Waals surface area contributed by atoms with Gasteiger partial charge in [-0.25, -0.2) is 0 Å².